The van der Waals surface area contributed by atoms with Crippen molar-refractivity contribution in [3.8, 4) is 5.75 Å². The van der Waals surface area contributed by atoms with Crippen LogP contribution in [0.4, 0.5) is 10.1 Å². The summed E-state index contributed by atoms with van der Waals surface area (Å²) in [7, 11) is 3.50. The van der Waals surface area contributed by atoms with Crippen molar-refractivity contribution in [1.82, 2.24) is 10.2 Å². The van der Waals surface area contributed by atoms with Gasteiger partial charge in [0.1, 0.15) is 11.6 Å². The van der Waals surface area contributed by atoms with E-state index in [4.69, 9.17) is 4.74 Å². The largest absolute Gasteiger partial charge is 0.497 e. The Hall–Kier alpha value is -2.03. The predicted octanol–water partition coefficient (Wildman–Crippen LogP) is 3.39. The number of nitrogens with one attached hydrogen (secondary N) is 1. The molecule has 1 heterocycles. The molecule has 2 aromatic rings. The Labute approximate surface area is 183 Å². The SMILES string of the molecule is CN=C(NCCc1ccc(F)cc1)N1CCN(c2ccc(OC)cc2)CC1.I. The summed E-state index contributed by atoms with van der Waals surface area (Å²) in [4.78, 5) is 9.07. The first-order valence-electron chi connectivity index (χ1n) is 9.28. The molecule has 1 aliphatic heterocycles. The Morgan fingerprint density at radius 1 is 1.04 bits per heavy atom. The number of methoxy groups -OCH3 is 1. The summed E-state index contributed by atoms with van der Waals surface area (Å²) in [5.74, 6) is 1.60. The van der Waals surface area contributed by atoms with Gasteiger partial charge < -0.3 is 19.9 Å². The van der Waals surface area contributed by atoms with Crippen molar-refractivity contribution in [1.29, 1.82) is 0 Å². The van der Waals surface area contributed by atoms with Gasteiger partial charge in [-0.05, 0) is 48.4 Å². The summed E-state index contributed by atoms with van der Waals surface area (Å²) >= 11 is 0. The van der Waals surface area contributed by atoms with Gasteiger partial charge in [0.2, 0.25) is 0 Å². The molecule has 7 heteroatoms. The minimum absolute atomic E-state index is 0. The second-order valence-corrected chi connectivity index (χ2v) is 6.52. The van der Waals surface area contributed by atoms with Crippen LogP contribution < -0.4 is 15.0 Å². The van der Waals surface area contributed by atoms with Crippen molar-refractivity contribution in [3.05, 3.63) is 59.9 Å². The summed E-state index contributed by atoms with van der Waals surface area (Å²) in [6.45, 7) is 4.51. The first-order chi connectivity index (χ1) is 13.2. The minimum Gasteiger partial charge on any atom is -0.497 e. The third-order valence-corrected chi connectivity index (χ3v) is 4.84. The number of benzene rings is 2. The van der Waals surface area contributed by atoms with E-state index in [2.05, 4.69) is 32.2 Å². The number of piperazine rings is 1. The van der Waals surface area contributed by atoms with Crippen LogP contribution in [0.15, 0.2) is 53.5 Å². The van der Waals surface area contributed by atoms with Gasteiger partial charge in [-0.1, -0.05) is 12.1 Å². The molecule has 0 saturated carbocycles. The number of anilines is 1. The number of hydrogen-bond donors (Lipinski definition) is 1. The standard InChI is InChI=1S/C21H27FN4O.HI/c1-23-21(24-12-11-17-3-5-18(22)6-4-17)26-15-13-25(14-16-26)19-7-9-20(27-2)10-8-19;/h3-10H,11-16H2,1-2H3,(H,23,24);1H. The van der Waals surface area contributed by atoms with E-state index in [0.29, 0.717) is 0 Å². The van der Waals surface area contributed by atoms with E-state index in [9.17, 15) is 4.39 Å². The molecule has 0 radical (unpaired) electrons. The molecule has 0 spiro atoms. The highest BCUT2D eigenvalue weighted by molar-refractivity contribution is 14.0. The molecule has 0 unspecified atom stereocenters. The summed E-state index contributed by atoms with van der Waals surface area (Å²) in [5.41, 5.74) is 2.33. The average molecular weight is 498 g/mol. The first kappa shape index (κ1) is 22.3. The number of halogens is 2. The van der Waals surface area contributed by atoms with Crippen LogP contribution in [0.3, 0.4) is 0 Å². The number of rotatable bonds is 5. The summed E-state index contributed by atoms with van der Waals surface area (Å²) in [6, 6.07) is 14.9. The fraction of sp³-hybridized carbons (Fsp3) is 0.381. The van der Waals surface area contributed by atoms with Crippen molar-refractivity contribution in [2.75, 3.05) is 51.8 Å². The van der Waals surface area contributed by atoms with Gasteiger partial charge in [-0.15, -0.1) is 24.0 Å². The van der Waals surface area contributed by atoms with E-state index < -0.39 is 0 Å². The molecule has 1 fully saturated rings. The Morgan fingerprint density at radius 3 is 2.25 bits per heavy atom. The lowest BCUT2D eigenvalue weighted by atomic mass is 10.1. The summed E-state index contributed by atoms with van der Waals surface area (Å²) in [6.07, 6.45) is 0.838. The predicted molar refractivity (Wildman–Crippen MR) is 124 cm³/mol. The zero-order valence-corrected chi connectivity index (χ0v) is 18.7. The molecular weight excluding hydrogens is 470 g/mol. The highest BCUT2D eigenvalue weighted by Crippen LogP contribution is 2.20. The van der Waals surface area contributed by atoms with Gasteiger partial charge in [-0.2, -0.15) is 0 Å². The van der Waals surface area contributed by atoms with Gasteiger partial charge in [0.25, 0.3) is 0 Å². The molecule has 152 valence electrons. The van der Waals surface area contributed by atoms with Crippen LogP contribution in [0.1, 0.15) is 5.56 Å². The maximum atomic E-state index is 13.0. The molecule has 5 nitrogen and oxygen atoms in total. The van der Waals surface area contributed by atoms with Crippen LogP contribution >= 0.6 is 24.0 Å². The normalized spacial score (nSPS) is 14.5. The smallest absolute Gasteiger partial charge is 0.193 e. The van der Waals surface area contributed by atoms with Crippen molar-refractivity contribution in [2.24, 2.45) is 4.99 Å². The number of ether oxygens (including phenoxy) is 1. The van der Waals surface area contributed by atoms with Crippen molar-refractivity contribution in [3.63, 3.8) is 0 Å². The van der Waals surface area contributed by atoms with E-state index >= 15 is 0 Å². The minimum atomic E-state index is -0.197. The highest BCUT2D eigenvalue weighted by Gasteiger charge is 2.19. The highest BCUT2D eigenvalue weighted by atomic mass is 127. The molecule has 1 saturated heterocycles. The molecule has 28 heavy (non-hydrogen) atoms. The molecule has 0 bridgehead atoms. The summed E-state index contributed by atoms with van der Waals surface area (Å²) < 4.78 is 18.2. The third-order valence-electron chi connectivity index (χ3n) is 4.84. The molecule has 3 rings (SSSR count). The average Bonchev–Trinajstić information content (AvgIpc) is 2.73. The Kier molecular flexibility index (Phi) is 8.82. The molecule has 1 aliphatic rings. The Bertz CT molecular complexity index is 744. The van der Waals surface area contributed by atoms with Gasteiger partial charge >= 0.3 is 0 Å². The zero-order valence-electron chi connectivity index (χ0n) is 16.4. The van der Waals surface area contributed by atoms with Crippen LogP contribution in [0.25, 0.3) is 0 Å². The first-order valence-corrected chi connectivity index (χ1v) is 9.28. The zero-order chi connectivity index (χ0) is 19.1. The molecule has 0 amide bonds. The fourth-order valence-electron chi connectivity index (χ4n) is 3.27. The molecule has 1 N–H and O–H groups in total. The van der Waals surface area contributed by atoms with E-state index in [1.54, 1.807) is 7.11 Å². The van der Waals surface area contributed by atoms with Crippen LogP contribution in [0, 0.1) is 5.82 Å². The molecule has 2 aromatic carbocycles. The quantitative estimate of drug-likeness (QED) is 0.390. The van der Waals surface area contributed by atoms with E-state index in [1.807, 2.05) is 31.3 Å². The van der Waals surface area contributed by atoms with Crippen LogP contribution in [0.5, 0.6) is 5.75 Å². The van der Waals surface area contributed by atoms with Gasteiger partial charge in [0, 0.05) is 45.5 Å². The van der Waals surface area contributed by atoms with Crippen LogP contribution in [0.2, 0.25) is 0 Å². The lowest BCUT2D eigenvalue weighted by molar-refractivity contribution is 0.373. The Balaban J connectivity index is 0.00000280. The topological polar surface area (TPSA) is 40.1 Å². The Morgan fingerprint density at radius 2 is 1.68 bits per heavy atom. The maximum Gasteiger partial charge on any atom is 0.193 e. The number of aliphatic imine (C=N–C) groups is 1. The maximum absolute atomic E-state index is 13.0. The second kappa shape index (κ2) is 11.1. The third kappa shape index (κ3) is 5.98. The molecule has 0 atom stereocenters. The number of nitrogens with zero attached hydrogens (tertiary/aromatic N) is 3. The van der Waals surface area contributed by atoms with E-state index in [1.165, 1.54) is 17.8 Å². The molecular formula is C21H28FIN4O. The summed E-state index contributed by atoms with van der Waals surface area (Å²) in [5, 5.41) is 3.42. The number of guanidine groups is 1. The fourth-order valence-corrected chi connectivity index (χ4v) is 3.27. The van der Waals surface area contributed by atoms with Crippen LogP contribution in [-0.2, 0) is 6.42 Å². The van der Waals surface area contributed by atoms with Crippen molar-refractivity contribution >= 4 is 35.6 Å². The van der Waals surface area contributed by atoms with Gasteiger partial charge in [0.05, 0.1) is 7.11 Å². The van der Waals surface area contributed by atoms with Gasteiger partial charge in [0.15, 0.2) is 5.96 Å². The van der Waals surface area contributed by atoms with Crippen molar-refractivity contribution in [2.45, 2.75) is 6.42 Å². The lowest BCUT2D eigenvalue weighted by Gasteiger charge is -2.37. The van der Waals surface area contributed by atoms with E-state index in [-0.39, 0.29) is 29.8 Å². The van der Waals surface area contributed by atoms with Crippen molar-refractivity contribution < 1.29 is 9.13 Å². The van der Waals surface area contributed by atoms with E-state index in [0.717, 1.165) is 56.4 Å². The molecule has 0 aliphatic carbocycles. The second-order valence-electron chi connectivity index (χ2n) is 6.52. The lowest BCUT2D eigenvalue weighted by Crippen LogP contribution is -2.52. The van der Waals surface area contributed by atoms with Gasteiger partial charge in [-0.25, -0.2) is 4.39 Å². The monoisotopic (exact) mass is 498 g/mol. The molecule has 0 aromatic heterocycles. The number of hydrogen-bond acceptors (Lipinski definition) is 3. The van der Waals surface area contributed by atoms with Crippen LogP contribution in [-0.4, -0.2) is 57.7 Å². The van der Waals surface area contributed by atoms with Gasteiger partial charge in [-0.3, -0.25) is 4.99 Å².